The number of nitrogens with one attached hydrogen (secondary N) is 1. The van der Waals surface area contributed by atoms with Crippen LogP contribution in [0.4, 0.5) is 10.1 Å². The summed E-state index contributed by atoms with van der Waals surface area (Å²) in [7, 11) is 0. The highest BCUT2D eigenvalue weighted by Crippen LogP contribution is 2.38. The van der Waals surface area contributed by atoms with Crippen molar-refractivity contribution in [3.05, 3.63) is 30.1 Å². The van der Waals surface area contributed by atoms with Crippen molar-refractivity contribution in [2.45, 2.75) is 38.1 Å². The van der Waals surface area contributed by atoms with Gasteiger partial charge >= 0.3 is 0 Å². The van der Waals surface area contributed by atoms with Crippen molar-refractivity contribution < 1.29 is 4.39 Å². The molecule has 0 aliphatic heterocycles. The van der Waals surface area contributed by atoms with Gasteiger partial charge in [0.25, 0.3) is 0 Å². The van der Waals surface area contributed by atoms with Crippen LogP contribution in [0.25, 0.3) is 0 Å². The first-order valence-electron chi connectivity index (χ1n) is 6.42. The highest BCUT2D eigenvalue weighted by atomic mass is 19.1. The Hall–Kier alpha value is -1.09. The first kappa shape index (κ1) is 12.4. The molecule has 0 spiro atoms. The van der Waals surface area contributed by atoms with Crippen molar-refractivity contribution >= 4 is 5.69 Å². The number of para-hydroxylation sites is 1. The molecule has 1 fully saturated rings. The smallest absolute Gasteiger partial charge is 0.146 e. The van der Waals surface area contributed by atoms with Crippen molar-refractivity contribution in [3.63, 3.8) is 0 Å². The number of rotatable bonds is 4. The molecular weight excluding hydrogens is 215 g/mol. The summed E-state index contributed by atoms with van der Waals surface area (Å²) < 4.78 is 13.6. The molecule has 0 heterocycles. The predicted octanol–water partition coefficient (Wildman–Crippen LogP) is 3.15. The minimum Gasteiger partial charge on any atom is -0.376 e. The second-order valence-corrected chi connectivity index (χ2v) is 5.11. The summed E-state index contributed by atoms with van der Waals surface area (Å²) >= 11 is 0. The molecular formula is C14H21FN2. The number of hydrogen-bond acceptors (Lipinski definition) is 2. The number of benzene rings is 1. The van der Waals surface area contributed by atoms with Crippen LogP contribution in [-0.4, -0.2) is 12.1 Å². The lowest BCUT2D eigenvalue weighted by Gasteiger charge is -2.30. The summed E-state index contributed by atoms with van der Waals surface area (Å²) in [5.41, 5.74) is 6.37. The summed E-state index contributed by atoms with van der Waals surface area (Å²) in [4.78, 5) is 0. The van der Waals surface area contributed by atoms with Crippen LogP contribution in [0.2, 0.25) is 0 Å². The average Bonchev–Trinajstić information content (AvgIpc) is 2.76. The van der Waals surface area contributed by atoms with Crippen LogP contribution >= 0.6 is 0 Å². The molecule has 1 aliphatic carbocycles. The fourth-order valence-corrected chi connectivity index (χ4v) is 2.78. The third kappa shape index (κ3) is 2.60. The van der Waals surface area contributed by atoms with Crippen molar-refractivity contribution in [1.29, 1.82) is 0 Å². The van der Waals surface area contributed by atoms with Crippen LogP contribution in [0.3, 0.4) is 0 Å². The molecule has 0 aromatic heterocycles. The molecule has 1 aliphatic rings. The second-order valence-electron chi connectivity index (χ2n) is 5.11. The molecule has 2 rings (SSSR count). The number of anilines is 1. The zero-order valence-electron chi connectivity index (χ0n) is 10.4. The molecule has 2 atom stereocenters. The fraction of sp³-hybridized carbons (Fsp3) is 0.571. The van der Waals surface area contributed by atoms with Crippen molar-refractivity contribution in [3.8, 4) is 0 Å². The summed E-state index contributed by atoms with van der Waals surface area (Å²) in [5.74, 6) is 0.526. The Morgan fingerprint density at radius 2 is 2.24 bits per heavy atom. The van der Waals surface area contributed by atoms with Crippen LogP contribution in [0.15, 0.2) is 24.3 Å². The Morgan fingerprint density at radius 1 is 1.47 bits per heavy atom. The molecule has 2 nitrogen and oxygen atoms in total. The minimum atomic E-state index is -0.194. The topological polar surface area (TPSA) is 38.0 Å². The van der Waals surface area contributed by atoms with Crippen molar-refractivity contribution in [2.24, 2.45) is 11.7 Å². The van der Waals surface area contributed by atoms with E-state index in [1.165, 1.54) is 18.9 Å². The highest BCUT2D eigenvalue weighted by molar-refractivity contribution is 5.47. The van der Waals surface area contributed by atoms with Gasteiger partial charge in [0.1, 0.15) is 5.82 Å². The maximum absolute atomic E-state index is 13.6. The lowest BCUT2D eigenvalue weighted by atomic mass is 9.94. The van der Waals surface area contributed by atoms with Gasteiger partial charge in [-0.3, -0.25) is 0 Å². The van der Waals surface area contributed by atoms with Crippen LogP contribution in [0.5, 0.6) is 0 Å². The largest absolute Gasteiger partial charge is 0.376 e. The predicted molar refractivity (Wildman–Crippen MR) is 69.4 cm³/mol. The third-order valence-electron chi connectivity index (χ3n) is 3.95. The maximum atomic E-state index is 13.6. The van der Waals surface area contributed by atoms with E-state index in [2.05, 4.69) is 12.2 Å². The SMILES string of the molecule is CCC1CCC(CN)(Nc2ccccc2F)C1. The van der Waals surface area contributed by atoms with Gasteiger partial charge in [0.2, 0.25) is 0 Å². The van der Waals surface area contributed by atoms with Crippen LogP contribution < -0.4 is 11.1 Å². The maximum Gasteiger partial charge on any atom is 0.146 e. The molecule has 3 heteroatoms. The van der Waals surface area contributed by atoms with E-state index in [9.17, 15) is 4.39 Å². The molecule has 0 saturated heterocycles. The van der Waals surface area contributed by atoms with Gasteiger partial charge in [-0.05, 0) is 37.3 Å². The number of halogens is 1. The minimum absolute atomic E-state index is 0.108. The molecule has 1 aromatic rings. The molecule has 0 radical (unpaired) electrons. The molecule has 2 unspecified atom stereocenters. The lowest BCUT2D eigenvalue weighted by Crippen LogP contribution is -2.43. The quantitative estimate of drug-likeness (QED) is 0.842. The Kier molecular flexibility index (Phi) is 3.67. The average molecular weight is 236 g/mol. The van der Waals surface area contributed by atoms with Crippen LogP contribution in [0, 0.1) is 11.7 Å². The molecule has 17 heavy (non-hydrogen) atoms. The van der Waals surface area contributed by atoms with E-state index in [0.717, 1.165) is 18.8 Å². The van der Waals surface area contributed by atoms with Gasteiger partial charge in [0, 0.05) is 12.1 Å². The number of hydrogen-bond donors (Lipinski definition) is 2. The van der Waals surface area contributed by atoms with E-state index in [0.29, 0.717) is 12.2 Å². The lowest BCUT2D eigenvalue weighted by molar-refractivity contribution is 0.447. The first-order chi connectivity index (χ1) is 8.19. The zero-order chi connectivity index (χ0) is 12.3. The molecule has 1 aromatic carbocycles. The summed E-state index contributed by atoms with van der Waals surface area (Å²) in [6.07, 6.45) is 4.46. The normalized spacial score (nSPS) is 28.3. The zero-order valence-corrected chi connectivity index (χ0v) is 10.4. The Bertz CT molecular complexity index is 380. The Labute approximate surface area is 102 Å². The molecule has 0 amide bonds. The molecule has 3 N–H and O–H groups in total. The van der Waals surface area contributed by atoms with Gasteiger partial charge in [-0.15, -0.1) is 0 Å². The van der Waals surface area contributed by atoms with E-state index in [-0.39, 0.29) is 11.4 Å². The van der Waals surface area contributed by atoms with E-state index in [1.54, 1.807) is 12.1 Å². The fourth-order valence-electron chi connectivity index (χ4n) is 2.78. The highest BCUT2D eigenvalue weighted by Gasteiger charge is 2.37. The standard InChI is InChI=1S/C14H21FN2/c1-2-11-7-8-14(9-11,10-16)17-13-6-4-3-5-12(13)15/h3-6,11,17H,2,7-10,16H2,1H3. The van der Waals surface area contributed by atoms with E-state index in [1.807, 2.05) is 6.07 Å². The summed E-state index contributed by atoms with van der Waals surface area (Å²) in [6, 6.07) is 6.83. The monoisotopic (exact) mass is 236 g/mol. The number of nitrogens with two attached hydrogens (primary N) is 1. The van der Waals surface area contributed by atoms with E-state index >= 15 is 0 Å². The summed E-state index contributed by atoms with van der Waals surface area (Å²) in [6.45, 7) is 2.78. The summed E-state index contributed by atoms with van der Waals surface area (Å²) in [5, 5.41) is 3.34. The Balaban J connectivity index is 2.13. The first-order valence-corrected chi connectivity index (χ1v) is 6.42. The molecule has 94 valence electrons. The van der Waals surface area contributed by atoms with Gasteiger partial charge < -0.3 is 11.1 Å². The molecule has 0 bridgehead atoms. The van der Waals surface area contributed by atoms with Crippen LogP contribution in [-0.2, 0) is 0 Å². The van der Waals surface area contributed by atoms with E-state index in [4.69, 9.17) is 5.73 Å². The van der Waals surface area contributed by atoms with Gasteiger partial charge in [0.05, 0.1) is 5.69 Å². The second kappa shape index (κ2) is 5.05. The third-order valence-corrected chi connectivity index (χ3v) is 3.95. The van der Waals surface area contributed by atoms with Gasteiger partial charge in [-0.2, -0.15) is 0 Å². The van der Waals surface area contributed by atoms with Gasteiger partial charge in [0.15, 0.2) is 0 Å². The Morgan fingerprint density at radius 3 is 2.82 bits per heavy atom. The van der Waals surface area contributed by atoms with Gasteiger partial charge in [-0.1, -0.05) is 25.5 Å². The van der Waals surface area contributed by atoms with Crippen molar-refractivity contribution in [2.75, 3.05) is 11.9 Å². The van der Waals surface area contributed by atoms with E-state index < -0.39 is 0 Å². The van der Waals surface area contributed by atoms with Crippen LogP contribution in [0.1, 0.15) is 32.6 Å². The van der Waals surface area contributed by atoms with Gasteiger partial charge in [-0.25, -0.2) is 4.39 Å². The molecule has 1 saturated carbocycles. The van der Waals surface area contributed by atoms with Crippen molar-refractivity contribution in [1.82, 2.24) is 0 Å².